The first-order valence-electron chi connectivity index (χ1n) is 5.37. The van der Waals surface area contributed by atoms with Crippen molar-refractivity contribution >= 4 is 15.9 Å². The van der Waals surface area contributed by atoms with E-state index >= 15 is 0 Å². The summed E-state index contributed by atoms with van der Waals surface area (Å²) < 4.78 is 1.29. The van der Waals surface area contributed by atoms with Gasteiger partial charge in [-0.15, -0.1) is 0 Å². The van der Waals surface area contributed by atoms with Crippen molar-refractivity contribution in [1.82, 2.24) is 0 Å². The van der Waals surface area contributed by atoms with Gasteiger partial charge in [-0.25, -0.2) is 0 Å². The van der Waals surface area contributed by atoms with Gasteiger partial charge in [-0.3, -0.25) is 0 Å². The van der Waals surface area contributed by atoms with Gasteiger partial charge < -0.3 is 0 Å². The molecule has 0 amide bonds. The molecule has 0 aromatic heterocycles. The van der Waals surface area contributed by atoms with E-state index in [1.165, 1.54) is 22.9 Å². The van der Waals surface area contributed by atoms with E-state index in [0.717, 1.165) is 0 Å². The lowest BCUT2D eigenvalue weighted by molar-refractivity contribution is 0.430. The lowest BCUT2D eigenvalue weighted by Crippen LogP contribution is -2.16. The van der Waals surface area contributed by atoms with E-state index in [9.17, 15) is 0 Å². The summed E-state index contributed by atoms with van der Waals surface area (Å²) in [7, 11) is 0. The smallest absolute Gasteiger partial charge is 0.0212 e. The highest BCUT2D eigenvalue weighted by Gasteiger charge is 2.37. The highest BCUT2D eigenvalue weighted by atomic mass is 79.9. The lowest BCUT2D eigenvalue weighted by Gasteiger charge is -2.23. The first kappa shape index (κ1) is 10.2. The summed E-state index contributed by atoms with van der Waals surface area (Å²) in [5.41, 5.74) is 3.50. The average molecular weight is 253 g/mol. The maximum absolute atomic E-state index is 3.67. The van der Waals surface area contributed by atoms with Gasteiger partial charge in [0.1, 0.15) is 0 Å². The van der Waals surface area contributed by atoms with Crippen LogP contribution < -0.4 is 0 Å². The van der Waals surface area contributed by atoms with Gasteiger partial charge in [0.25, 0.3) is 0 Å². The second-order valence-corrected chi connectivity index (χ2v) is 5.57. The summed E-state index contributed by atoms with van der Waals surface area (Å²) in [6, 6.07) is 6.62. The van der Waals surface area contributed by atoms with Crippen molar-refractivity contribution in [2.75, 3.05) is 0 Å². The van der Waals surface area contributed by atoms with Crippen LogP contribution in [0.3, 0.4) is 0 Å². The van der Waals surface area contributed by atoms with Crippen LogP contribution in [0.2, 0.25) is 0 Å². The second kappa shape index (κ2) is 3.37. The fraction of sp³-hybridized carbons (Fsp3) is 0.538. The summed E-state index contributed by atoms with van der Waals surface area (Å²) in [5, 5.41) is 0. The Morgan fingerprint density at radius 1 is 1.50 bits per heavy atom. The number of hydrogen-bond acceptors (Lipinski definition) is 0. The van der Waals surface area contributed by atoms with Gasteiger partial charge in [0, 0.05) is 4.47 Å². The quantitative estimate of drug-likeness (QED) is 0.684. The van der Waals surface area contributed by atoms with E-state index in [2.05, 4.69) is 54.9 Å². The van der Waals surface area contributed by atoms with Crippen molar-refractivity contribution in [3.8, 4) is 0 Å². The molecule has 0 aliphatic heterocycles. The number of rotatable bonds is 1. The molecule has 1 heteroatoms. The van der Waals surface area contributed by atoms with Gasteiger partial charge in [0.05, 0.1) is 0 Å². The molecule has 0 bridgehead atoms. The molecule has 0 radical (unpaired) electrons. The Hall–Kier alpha value is -0.300. The Morgan fingerprint density at radius 2 is 2.21 bits per heavy atom. The van der Waals surface area contributed by atoms with Gasteiger partial charge >= 0.3 is 0 Å². The van der Waals surface area contributed by atoms with Crippen LogP contribution >= 0.6 is 15.9 Å². The molecule has 1 aliphatic rings. The summed E-state index contributed by atoms with van der Waals surface area (Å²) in [6.45, 7) is 7.02. The largest absolute Gasteiger partial charge is 0.0645 e. The molecule has 0 saturated heterocycles. The molecule has 0 nitrogen and oxygen atoms in total. The molecule has 0 fully saturated rings. The SMILES string of the molecule is CC[C@]1(C)C[C@H](C)c2c(Br)cccc21. The first-order valence-corrected chi connectivity index (χ1v) is 6.16. The predicted molar refractivity (Wildman–Crippen MR) is 64.8 cm³/mol. The zero-order valence-corrected chi connectivity index (χ0v) is 10.7. The maximum Gasteiger partial charge on any atom is 0.0212 e. The van der Waals surface area contributed by atoms with E-state index in [1.807, 2.05) is 0 Å². The molecule has 1 aromatic carbocycles. The molecule has 0 saturated carbocycles. The van der Waals surface area contributed by atoms with Crippen molar-refractivity contribution in [2.45, 2.75) is 44.9 Å². The molecule has 0 N–H and O–H groups in total. The highest BCUT2D eigenvalue weighted by molar-refractivity contribution is 9.10. The normalized spacial score (nSPS) is 30.4. The van der Waals surface area contributed by atoms with Gasteiger partial charge in [-0.1, -0.05) is 48.8 Å². The van der Waals surface area contributed by atoms with Gasteiger partial charge in [-0.05, 0) is 41.4 Å². The summed E-state index contributed by atoms with van der Waals surface area (Å²) >= 11 is 3.67. The van der Waals surface area contributed by atoms with E-state index in [0.29, 0.717) is 11.3 Å². The Balaban J connectivity index is 2.60. The fourth-order valence-corrected chi connectivity index (χ4v) is 3.54. The predicted octanol–water partition coefficient (Wildman–Crippen LogP) is 4.62. The molecule has 1 aromatic rings. The van der Waals surface area contributed by atoms with Crippen LogP contribution in [0.15, 0.2) is 22.7 Å². The van der Waals surface area contributed by atoms with Crippen molar-refractivity contribution in [1.29, 1.82) is 0 Å². The molecule has 2 rings (SSSR count). The molecule has 14 heavy (non-hydrogen) atoms. The topological polar surface area (TPSA) is 0 Å². The minimum atomic E-state index is 0.401. The Bertz CT molecular complexity index is 356. The Labute approximate surface area is 94.8 Å². The third-order valence-corrected chi connectivity index (χ3v) is 4.42. The number of hydrogen-bond donors (Lipinski definition) is 0. The molecule has 0 heterocycles. The molecule has 2 atom stereocenters. The van der Waals surface area contributed by atoms with E-state index in [-0.39, 0.29) is 0 Å². The highest BCUT2D eigenvalue weighted by Crippen LogP contribution is 2.49. The number of benzene rings is 1. The molecule has 0 unspecified atom stereocenters. The maximum atomic E-state index is 3.67. The zero-order chi connectivity index (χ0) is 10.3. The third kappa shape index (κ3) is 1.33. The summed E-state index contributed by atoms with van der Waals surface area (Å²) in [5.74, 6) is 0.700. The van der Waals surface area contributed by atoms with Crippen LogP contribution in [0.25, 0.3) is 0 Å². The lowest BCUT2D eigenvalue weighted by atomic mass is 9.81. The van der Waals surface area contributed by atoms with Gasteiger partial charge in [0.2, 0.25) is 0 Å². The molecule has 76 valence electrons. The van der Waals surface area contributed by atoms with Crippen LogP contribution in [0.1, 0.15) is 50.7 Å². The van der Waals surface area contributed by atoms with Gasteiger partial charge in [-0.2, -0.15) is 0 Å². The van der Waals surface area contributed by atoms with Crippen LogP contribution in [0, 0.1) is 0 Å². The standard InChI is InChI=1S/C13H17Br/c1-4-13(3)8-9(2)12-10(13)6-5-7-11(12)14/h5-7,9H,4,8H2,1-3H3/t9-,13+/m0/s1. The van der Waals surface area contributed by atoms with Crippen LogP contribution in [0.5, 0.6) is 0 Å². The Morgan fingerprint density at radius 3 is 2.86 bits per heavy atom. The van der Waals surface area contributed by atoms with Crippen LogP contribution in [0.4, 0.5) is 0 Å². The van der Waals surface area contributed by atoms with Crippen molar-refractivity contribution in [2.24, 2.45) is 0 Å². The molecular formula is C13H17Br. The first-order chi connectivity index (χ1) is 6.58. The van der Waals surface area contributed by atoms with Crippen LogP contribution in [-0.4, -0.2) is 0 Å². The summed E-state index contributed by atoms with van der Waals surface area (Å²) in [6.07, 6.45) is 2.53. The number of halogens is 1. The second-order valence-electron chi connectivity index (χ2n) is 4.72. The van der Waals surface area contributed by atoms with Crippen molar-refractivity contribution in [3.05, 3.63) is 33.8 Å². The van der Waals surface area contributed by atoms with Gasteiger partial charge in [0.15, 0.2) is 0 Å². The van der Waals surface area contributed by atoms with Crippen molar-refractivity contribution in [3.63, 3.8) is 0 Å². The van der Waals surface area contributed by atoms with E-state index < -0.39 is 0 Å². The average Bonchev–Trinajstić information content (AvgIpc) is 2.41. The Kier molecular flexibility index (Phi) is 2.46. The van der Waals surface area contributed by atoms with E-state index in [1.54, 1.807) is 5.56 Å². The third-order valence-electron chi connectivity index (χ3n) is 3.73. The molecule has 1 aliphatic carbocycles. The van der Waals surface area contributed by atoms with E-state index in [4.69, 9.17) is 0 Å². The zero-order valence-electron chi connectivity index (χ0n) is 9.10. The fourth-order valence-electron chi connectivity index (χ4n) is 2.79. The van der Waals surface area contributed by atoms with Crippen LogP contribution in [-0.2, 0) is 5.41 Å². The summed E-state index contributed by atoms with van der Waals surface area (Å²) in [4.78, 5) is 0. The monoisotopic (exact) mass is 252 g/mol. The number of fused-ring (bicyclic) bond motifs is 1. The molecule has 0 spiro atoms. The van der Waals surface area contributed by atoms with Crippen molar-refractivity contribution < 1.29 is 0 Å². The molecular weight excluding hydrogens is 236 g/mol. The minimum absolute atomic E-state index is 0.401. The minimum Gasteiger partial charge on any atom is -0.0645 e.